The highest BCUT2D eigenvalue weighted by Crippen LogP contribution is 2.21. The molecule has 1 nitrogen and oxygen atoms in total. The summed E-state index contributed by atoms with van der Waals surface area (Å²) in [5, 5.41) is -0.302. The van der Waals surface area contributed by atoms with Crippen LogP contribution in [0.25, 0.3) is 0 Å². The first-order chi connectivity index (χ1) is 6.08. The number of rotatable bonds is 3. The molecule has 0 saturated carbocycles. The number of carbonyl (C=O) groups excluding carboxylic acids is 1. The van der Waals surface area contributed by atoms with Crippen LogP contribution in [0.5, 0.6) is 0 Å². The third kappa shape index (κ3) is 3.83. The van der Waals surface area contributed by atoms with Crippen molar-refractivity contribution >= 4 is 28.6 Å². The van der Waals surface area contributed by atoms with E-state index in [0.717, 1.165) is 4.90 Å². The standard InChI is InChI=1S/C10H11ClOS/c1-7-3-8(2)5-9(4-7)13-6-10(11)12/h3-5H,6H2,1-2H3. The highest BCUT2D eigenvalue weighted by Gasteiger charge is 2.00. The molecule has 0 radical (unpaired) electrons. The summed E-state index contributed by atoms with van der Waals surface area (Å²) in [5.74, 6) is 0.338. The van der Waals surface area contributed by atoms with Crippen molar-refractivity contribution in [1.29, 1.82) is 0 Å². The average molecular weight is 215 g/mol. The van der Waals surface area contributed by atoms with Gasteiger partial charge in [-0.2, -0.15) is 0 Å². The summed E-state index contributed by atoms with van der Waals surface area (Å²) in [5.41, 5.74) is 2.43. The van der Waals surface area contributed by atoms with Crippen molar-refractivity contribution in [3.05, 3.63) is 29.3 Å². The van der Waals surface area contributed by atoms with E-state index < -0.39 is 0 Å². The molecule has 0 unspecified atom stereocenters. The molecule has 0 aliphatic rings. The van der Waals surface area contributed by atoms with Crippen molar-refractivity contribution in [2.75, 3.05) is 5.75 Å². The Morgan fingerprint density at radius 2 is 1.85 bits per heavy atom. The smallest absolute Gasteiger partial charge is 0.231 e. The second kappa shape index (κ2) is 4.68. The molecule has 0 atom stereocenters. The van der Waals surface area contributed by atoms with Crippen LogP contribution in [-0.2, 0) is 4.79 Å². The SMILES string of the molecule is Cc1cc(C)cc(SCC(=O)Cl)c1. The van der Waals surface area contributed by atoms with E-state index in [-0.39, 0.29) is 5.24 Å². The first-order valence-electron chi connectivity index (χ1n) is 3.97. The zero-order valence-electron chi connectivity index (χ0n) is 7.63. The fourth-order valence-corrected chi connectivity index (χ4v) is 2.14. The van der Waals surface area contributed by atoms with Crippen molar-refractivity contribution in [2.24, 2.45) is 0 Å². The average Bonchev–Trinajstić information content (AvgIpc) is 1.99. The van der Waals surface area contributed by atoms with Crippen LogP contribution in [0.3, 0.4) is 0 Å². The van der Waals surface area contributed by atoms with Crippen LogP contribution >= 0.6 is 23.4 Å². The van der Waals surface area contributed by atoms with Gasteiger partial charge in [0.25, 0.3) is 0 Å². The van der Waals surface area contributed by atoms with Crippen molar-refractivity contribution in [3.8, 4) is 0 Å². The molecule has 70 valence electrons. The van der Waals surface area contributed by atoms with Crippen molar-refractivity contribution in [3.63, 3.8) is 0 Å². The molecular weight excluding hydrogens is 204 g/mol. The summed E-state index contributed by atoms with van der Waals surface area (Å²) in [7, 11) is 0. The number of carbonyl (C=O) groups is 1. The molecular formula is C10H11ClOS. The molecule has 0 spiro atoms. The van der Waals surface area contributed by atoms with E-state index in [4.69, 9.17) is 11.6 Å². The fraction of sp³-hybridized carbons (Fsp3) is 0.300. The first-order valence-corrected chi connectivity index (χ1v) is 5.34. The van der Waals surface area contributed by atoms with E-state index in [1.807, 2.05) is 13.8 Å². The van der Waals surface area contributed by atoms with Gasteiger partial charge in [0.2, 0.25) is 5.24 Å². The minimum absolute atomic E-state index is 0.302. The summed E-state index contributed by atoms with van der Waals surface area (Å²) >= 11 is 6.72. The lowest BCUT2D eigenvalue weighted by Gasteiger charge is -2.02. The van der Waals surface area contributed by atoms with Gasteiger partial charge >= 0.3 is 0 Å². The van der Waals surface area contributed by atoms with E-state index in [1.54, 1.807) is 0 Å². The maximum Gasteiger partial charge on any atom is 0.231 e. The van der Waals surface area contributed by atoms with Crippen LogP contribution in [0.2, 0.25) is 0 Å². The van der Waals surface area contributed by atoms with Crippen LogP contribution in [0.4, 0.5) is 0 Å². The quantitative estimate of drug-likeness (QED) is 0.568. The Morgan fingerprint density at radius 1 is 1.31 bits per heavy atom. The molecule has 0 aromatic heterocycles. The molecule has 0 N–H and O–H groups in total. The molecule has 1 aromatic rings. The highest BCUT2D eigenvalue weighted by molar-refractivity contribution is 8.00. The number of hydrogen-bond acceptors (Lipinski definition) is 2. The van der Waals surface area contributed by atoms with Crippen LogP contribution < -0.4 is 0 Å². The molecule has 1 aromatic carbocycles. The third-order valence-electron chi connectivity index (χ3n) is 1.55. The Balaban J connectivity index is 2.71. The lowest BCUT2D eigenvalue weighted by molar-refractivity contribution is -0.109. The van der Waals surface area contributed by atoms with Crippen LogP contribution in [0.15, 0.2) is 23.1 Å². The van der Waals surface area contributed by atoms with Gasteiger partial charge in [0.1, 0.15) is 0 Å². The predicted octanol–water partition coefficient (Wildman–Crippen LogP) is 3.16. The number of aryl methyl sites for hydroxylation is 2. The van der Waals surface area contributed by atoms with Crippen molar-refractivity contribution in [2.45, 2.75) is 18.7 Å². The van der Waals surface area contributed by atoms with Gasteiger partial charge in [-0.3, -0.25) is 4.79 Å². The predicted molar refractivity (Wildman–Crippen MR) is 57.5 cm³/mol. The summed E-state index contributed by atoms with van der Waals surface area (Å²) in [6, 6.07) is 6.21. The summed E-state index contributed by atoms with van der Waals surface area (Å²) in [6.45, 7) is 4.08. The Morgan fingerprint density at radius 3 is 2.31 bits per heavy atom. The molecule has 0 aliphatic heterocycles. The van der Waals surface area contributed by atoms with Crippen LogP contribution in [0.1, 0.15) is 11.1 Å². The zero-order valence-corrected chi connectivity index (χ0v) is 9.21. The molecule has 0 amide bonds. The number of benzene rings is 1. The van der Waals surface area contributed by atoms with E-state index >= 15 is 0 Å². The molecule has 1 rings (SSSR count). The second-order valence-corrected chi connectivity index (χ2v) is 4.44. The Bertz CT molecular complexity index is 302. The van der Waals surface area contributed by atoms with E-state index in [9.17, 15) is 4.79 Å². The monoisotopic (exact) mass is 214 g/mol. The first kappa shape index (κ1) is 10.6. The molecule has 13 heavy (non-hydrogen) atoms. The normalized spacial score (nSPS) is 10.1. The molecule has 0 fully saturated rings. The largest absolute Gasteiger partial charge is 0.280 e. The second-order valence-electron chi connectivity index (χ2n) is 2.97. The van der Waals surface area contributed by atoms with Gasteiger partial charge in [-0.1, -0.05) is 6.07 Å². The number of halogens is 1. The maximum atomic E-state index is 10.5. The molecule has 0 aliphatic carbocycles. The zero-order chi connectivity index (χ0) is 9.84. The summed E-state index contributed by atoms with van der Waals surface area (Å²) in [4.78, 5) is 11.6. The molecule has 0 heterocycles. The molecule has 0 bridgehead atoms. The van der Waals surface area contributed by atoms with Gasteiger partial charge in [0, 0.05) is 4.90 Å². The summed E-state index contributed by atoms with van der Waals surface area (Å²) < 4.78 is 0. The lowest BCUT2D eigenvalue weighted by Crippen LogP contribution is -1.89. The number of thioether (sulfide) groups is 1. The van der Waals surface area contributed by atoms with Gasteiger partial charge in [-0.25, -0.2) is 0 Å². The fourth-order valence-electron chi connectivity index (χ4n) is 1.16. The van der Waals surface area contributed by atoms with E-state index in [0.29, 0.717) is 5.75 Å². The van der Waals surface area contributed by atoms with Gasteiger partial charge < -0.3 is 0 Å². The van der Waals surface area contributed by atoms with Crippen LogP contribution in [-0.4, -0.2) is 11.0 Å². The van der Waals surface area contributed by atoms with Crippen LogP contribution in [0, 0.1) is 13.8 Å². The number of hydrogen-bond donors (Lipinski definition) is 0. The highest BCUT2D eigenvalue weighted by atomic mass is 35.5. The molecule has 3 heteroatoms. The Kier molecular flexibility index (Phi) is 3.82. The summed E-state index contributed by atoms with van der Waals surface area (Å²) in [6.07, 6.45) is 0. The van der Waals surface area contributed by atoms with E-state index in [2.05, 4.69) is 18.2 Å². The maximum absolute atomic E-state index is 10.5. The van der Waals surface area contributed by atoms with Gasteiger partial charge in [-0.15, -0.1) is 11.8 Å². The third-order valence-corrected chi connectivity index (χ3v) is 2.82. The topological polar surface area (TPSA) is 17.1 Å². The van der Waals surface area contributed by atoms with Crippen molar-refractivity contribution in [1.82, 2.24) is 0 Å². The van der Waals surface area contributed by atoms with Crippen molar-refractivity contribution < 1.29 is 4.79 Å². The lowest BCUT2D eigenvalue weighted by atomic mass is 10.2. The minimum Gasteiger partial charge on any atom is -0.280 e. The van der Waals surface area contributed by atoms with E-state index in [1.165, 1.54) is 22.9 Å². The Hall–Kier alpha value is -0.470. The van der Waals surface area contributed by atoms with Gasteiger partial charge in [-0.05, 0) is 48.7 Å². The van der Waals surface area contributed by atoms with Gasteiger partial charge in [0.05, 0.1) is 5.75 Å². The Labute approximate surface area is 87.5 Å². The van der Waals surface area contributed by atoms with Gasteiger partial charge in [0.15, 0.2) is 0 Å². The minimum atomic E-state index is -0.302. The molecule has 0 saturated heterocycles.